The van der Waals surface area contributed by atoms with E-state index >= 15 is 0 Å². The van der Waals surface area contributed by atoms with Crippen LogP contribution < -0.4 is 5.48 Å². The van der Waals surface area contributed by atoms with Gasteiger partial charge < -0.3 is 4.74 Å². The molecule has 1 N–H and O–H groups in total. The molecule has 3 aliphatic rings. The third-order valence-electron chi connectivity index (χ3n) is 4.91. The van der Waals surface area contributed by atoms with Crippen LogP contribution >= 0.6 is 11.6 Å². The summed E-state index contributed by atoms with van der Waals surface area (Å²) >= 11 is 5.97. The van der Waals surface area contributed by atoms with Crippen LogP contribution in [0.3, 0.4) is 0 Å². The molecule has 3 nitrogen and oxygen atoms in total. The minimum absolute atomic E-state index is 0.181. The van der Waals surface area contributed by atoms with Crippen LogP contribution in [0.15, 0.2) is 36.0 Å². The summed E-state index contributed by atoms with van der Waals surface area (Å²) in [6.07, 6.45) is 6.55. The van der Waals surface area contributed by atoms with Crippen molar-refractivity contribution in [2.75, 3.05) is 13.2 Å². The van der Waals surface area contributed by atoms with Crippen LogP contribution in [0.4, 0.5) is 0 Å². The summed E-state index contributed by atoms with van der Waals surface area (Å²) in [4.78, 5) is 5.86. The molecule has 2 spiro atoms. The lowest BCUT2D eigenvalue weighted by molar-refractivity contribution is -0.165. The quantitative estimate of drug-likeness (QED) is 0.744. The Hall–Kier alpha value is -1.47. The fourth-order valence-electron chi connectivity index (χ4n) is 3.38. The Labute approximate surface area is 135 Å². The number of benzene rings is 1. The standard InChI is InChI=1S/C18H18ClNO2/c19-15-3-1-2-14(10-15)4-5-16-11-18(22-20-16)8-6-17(7-9-18)12-21-13-17/h1-3,10-11,20H,6-9,12-13H2. The lowest BCUT2D eigenvalue weighted by atomic mass is 9.67. The van der Waals surface area contributed by atoms with Crippen molar-refractivity contribution < 1.29 is 9.57 Å². The number of halogens is 1. The highest BCUT2D eigenvalue weighted by atomic mass is 35.5. The average Bonchev–Trinajstić information content (AvgIpc) is 2.88. The SMILES string of the molecule is Clc1cccc(C#CC2=CC3(CCC4(CC3)COC4)ON2)c1. The molecule has 0 atom stereocenters. The molecule has 0 unspecified atom stereocenters. The van der Waals surface area contributed by atoms with E-state index in [9.17, 15) is 0 Å². The molecule has 0 amide bonds. The lowest BCUT2D eigenvalue weighted by Gasteiger charge is -2.48. The lowest BCUT2D eigenvalue weighted by Crippen LogP contribution is -2.49. The molecule has 1 aromatic rings. The first-order valence-electron chi connectivity index (χ1n) is 7.69. The summed E-state index contributed by atoms with van der Waals surface area (Å²) in [5.74, 6) is 6.26. The summed E-state index contributed by atoms with van der Waals surface area (Å²) in [5.41, 5.74) is 4.99. The summed E-state index contributed by atoms with van der Waals surface area (Å²) in [6.45, 7) is 1.84. The van der Waals surface area contributed by atoms with Crippen LogP contribution in [0.25, 0.3) is 0 Å². The van der Waals surface area contributed by atoms with Gasteiger partial charge in [-0.05, 0) is 55.9 Å². The molecule has 2 fully saturated rings. The van der Waals surface area contributed by atoms with Crippen molar-refractivity contribution in [3.05, 3.63) is 46.6 Å². The molecule has 1 saturated carbocycles. The number of allylic oxidation sites excluding steroid dienone is 1. The molecule has 2 aliphatic heterocycles. The zero-order valence-corrected chi connectivity index (χ0v) is 13.1. The van der Waals surface area contributed by atoms with Crippen LogP contribution in [0.1, 0.15) is 31.2 Å². The monoisotopic (exact) mass is 315 g/mol. The Morgan fingerprint density at radius 1 is 1.09 bits per heavy atom. The molecule has 4 heteroatoms. The first kappa shape index (κ1) is 14.1. The maximum atomic E-state index is 5.97. The number of hydrogen-bond acceptors (Lipinski definition) is 3. The summed E-state index contributed by atoms with van der Waals surface area (Å²) in [7, 11) is 0. The molecule has 0 aromatic heterocycles. The van der Waals surface area contributed by atoms with E-state index in [4.69, 9.17) is 21.2 Å². The second-order valence-electron chi connectivity index (χ2n) is 6.58. The number of nitrogens with one attached hydrogen (secondary N) is 1. The van der Waals surface area contributed by atoms with E-state index in [1.807, 2.05) is 24.3 Å². The van der Waals surface area contributed by atoms with Gasteiger partial charge in [0.25, 0.3) is 0 Å². The van der Waals surface area contributed by atoms with Gasteiger partial charge in [-0.1, -0.05) is 23.6 Å². The van der Waals surface area contributed by atoms with E-state index in [-0.39, 0.29) is 5.60 Å². The van der Waals surface area contributed by atoms with E-state index in [1.54, 1.807) is 0 Å². The number of hydroxylamine groups is 1. The van der Waals surface area contributed by atoms with E-state index in [1.165, 1.54) is 12.8 Å². The predicted octanol–water partition coefficient (Wildman–Crippen LogP) is 3.44. The van der Waals surface area contributed by atoms with Crippen molar-refractivity contribution >= 4 is 11.6 Å². The van der Waals surface area contributed by atoms with Gasteiger partial charge in [-0.25, -0.2) is 0 Å². The number of hydrogen-bond donors (Lipinski definition) is 1. The summed E-state index contributed by atoms with van der Waals surface area (Å²) < 4.78 is 5.38. The molecule has 1 saturated heterocycles. The van der Waals surface area contributed by atoms with Crippen molar-refractivity contribution in [1.82, 2.24) is 5.48 Å². The summed E-state index contributed by atoms with van der Waals surface area (Å²) in [6, 6.07) is 7.57. The topological polar surface area (TPSA) is 30.5 Å². The Morgan fingerprint density at radius 2 is 1.91 bits per heavy atom. The van der Waals surface area contributed by atoms with Crippen LogP contribution in [-0.2, 0) is 9.57 Å². The van der Waals surface area contributed by atoms with E-state index in [0.29, 0.717) is 10.4 Å². The van der Waals surface area contributed by atoms with Gasteiger partial charge in [-0.15, -0.1) is 0 Å². The highest BCUT2D eigenvalue weighted by Crippen LogP contribution is 2.48. The highest BCUT2D eigenvalue weighted by molar-refractivity contribution is 6.30. The Balaban J connectivity index is 1.46. The minimum Gasteiger partial charge on any atom is -0.380 e. The average molecular weight is 316 g/mol. The van der Waals surface area contributed by atoms with Crippen LogP contribution in [0.5, 0.6) is 0 Å². The van der Waals surface area contributed by atoms with Crippen molar-refractivity contribution in [1.29, 1.82) is 0 Å². The van der Waals surface area contributed by atoms with Gasteiger partial charge in [0.15, 0.2) is 0 Å². The van der Waals surface area contributed by atoms with Crippen LogP contribution in [0, 0.1) is 17.3 Å². The molecular weight excluding hydrogens is 298 g/mol. The molecule has 4 rings (SSSR count). The fourth-order valence-corrected chi connectivity index (χ4v) is 3.57. The summed E-state index contributed by atoms with van der Waals surface area (Å²) in [5, 5.41) is 0.702. The van der Waals surface area contributed by atoms with Gasteiger partial charge >= 0.3 is 0 Å². The van der Waals surface area contributed by atoms with E-state index in [2.05, 4.69) is 23.4 Å². The van der Waals surface area contributed by atoms with Crippen molar-refractivity contribution in [3.63, 3.8) is 0 Å². The van der Waals surface area contributed by atoms with Gasteiger partial charge in [-0.3, -0.25) is 10.3 Å². The molecule has 2 heterocycles. The second-order valence-corrected chi connectivity index (χ2v) is 7.02. The fraction of sp³-hybridized carbons (Fsp3) is 0.444. The molecular formula is C18H18ClNO2. The number of rotatable bonds is 0. The van der Waals surface area contributed by atoms with E-state index in [0.717, 1.165) is 37.3 Å². The normalized spacial score (nSPS) is 24.1. The largest absolute Gasteiger partial charge is 0.380 e. The van der Waals surface area contributed by atoms with Gasteiger partial charge in [0.2, 0.25) is 0 Å². The van der Waals surface area contributed by atoms with Crippen molar-refractivity contribution in [2.45, 2.75) is 31.3 Å². The molecule has 1 aliphatic carbocycles. The zero-order chi connectivity index (χ0) is 15.0. The molecule has 22 heavy (non-hydrogen) atoms. The first-order valence-corrected chi connectivity index (χ1v) is 8.07. The van der Waals surface area contributed by atoms with Crippen LogP contribution in [-0.4, -0.2) is 18.8 Å². The van der Waals surface area contributed by atoms with Gasteiger partial charge in [0, 0.05) is 16.0 Å². The smallest absolute Gasteiger partial charge is 0.117 e. The molecule has 114 valence electrons. The first-order chi connectivity index (χ1) is 10.7. The Morgan fingerprint density at radius 3 is 2.59 bits per heavy atom. The van der Waals surface area contributed by atoms with Crippen molar-refractivity contribution in [3.8, 4) is 11.8 Å². The van der Waals surface area contributed by atoms with Crippen LogP contribution in [0.2, 0.25) is 5.02 Å². The predicted molar refractivity (Wildman–Crippen MR) is 85.1 cm³/mol. The minimum atomic E-state index is -0.181. The second kappa shape index (κ2) is 5.31. The Kier molecular flexibility index (Phi) is 3.41. The third-order valence-corrected chi connectivity index (χ3v) is 5.15. The number of ether oxygens (including phenoxy) is 1. The molecule has 1 aromatic carbocycles. The molecule has 0 radical (unpaired) electrons. The zero-order valence-electron chi connectivity index (χ0n) is 12.3. The van der Waals surface area contributed by atoms with E-state index < -0.39 is 0 Å². The molecule has 0 bridgehead atoms. The third kappa shape index (κ3) is 2.63. The van der Waals surface area contributed by atoms with Crippen molar-refractivity contribution in [2.24, 2.45) is 5.41 Å². The maximum absolute atomic E-state index is 5.97. The highest BCUT2D eigenvalue weighted by Gasteiger charge is 2.48. The van der Waals surface area contributed by atoms with Gasteiger partial charge in [-0.2, -0.15) is 0 Å². The van der Waals surface area contributed by atoms with Gasteiger partial charge in [0.1, 0.15) is 11.3 Å². The van der Waals surface area contributed by atoms with Gasteiger partial charge in [0.05, 0.1) is 13.2 Å². The maximum Gasteiger partial charge on any atom is 0.117 e. The Bertz CT molecular complexity index is 672.